The van der Waals surface area contributed by atoms with Crippen LogP contribution in [0.4, 0.5) is 5.69 Å². The largest absolute Gasteiger partial charge is 0.462 e. The molecule has 22 heavy (non-hydrogen) atoms. The Kier molecular flexibility index (Phi) is 5.30. The van der Waals surface area contributed by atoms with E-state index in [1.807, 2.05) is 6.92 Å². The molecular weight excluding hydrogens is 282 g/mol. The summed E-state index contributed by atoms with van der Waals surface area (Å²) in [7, 11) is 0. The number of nitrogens with one attached hydrogen (secondary N) is 1. The van der Waals surface area contributed by atoms with E-state index in [-0.39, 0.29) is 5.97 Å². The van der Waals surface area contributed by atoms with Gasteiger partial charge in [0.25, 0.3) is 0 Å². The van der Waals surface area contributed by atoms with Gasteiger partial charge in [-0.05, 0) is 45.0 Å². The number of aryl methyl sites for hydroxylation is 1. The number of carbonyl (C=O) groups is 1. The van der Waals surface area contributed by atoms with E-state index >= 15 is 0 Å². The minimum atomic E-state index is -0.347. The SMILES string of the molecule is CCNc1cnc(C)nc1Oc1ccc(C(=O)OCC)cc1. The van der Waals surface area contributed by atoms with Crippen molar-refractivity contribution in [3.63, 3.8) is 0 Å². The van der Waals surface area contributed by atoms with E-state index in [9.17, 15) is 4.79 Å². The fraction of sp³-hybridized carbons (Fsp3) is 0.312. The van der Waals surface area contributed by atoms with Gasteiger partial charge >= 0.3 is 5.97 Å². The molecule has 0 spiro atoms. The molecule has 0 amide bonds. The summed E-state index contributed by atoms with van der Waals surface area (Å²) < 4.78 is 10.7. The van der Waals surface area contributed by atoms with Crippen molar-refractivity contribution in [3.8, 4) is 11.6 Å². The van der Waals surface area contributed by atoms with Crippen molar-refractivity contribution in [2.75, 3.05) is 18.5 Å². The minimum absolute atomic E-state index is 0.347. The van der Waals surface area contributed by atoms with Crippen molar-refractivity contribution in [1.29, 1.82) is 0 Å². The first kappa shape index (κ1) is 15.8. The molecule has 0 saturated heterocycles. The first-order valence-electron chi connectivity index (χ1n) is 7.16. The molecule has 116 valence electrons. The molecule has 1 N–H and O–H groups in total. The van der Waals surface area contributed by atoms with Gasteiger partial charge in [0.2, 0.25) is 5.88 Å². The van der Waals surface area contributed by atoms with Crippen molar-refractivity contribution in [2.45, 2.75) is 20.8 Å². The molecule has 6 heteroatoms. The molecule has 0 atom stereocenters. The molecular formula is C16H19N3O3. The molecule has 0 unspecified atom stereocenters. The van der Waals surface area contributed by atoms with Crippen molar-refractivity contribution < 1.29 is 14.3 Å². The third kappa shape index (κ3) is 3.94. The van der Waals surface area contributed by atoms with Crippen LogP contribution < -0.4 is 10.1 Å². The summed E-state index contributed by atoms with van der Waals surface area (Å²) in [5.41, 5.74) is 1.21. The van der Waals surface area contributed by atoms with Gasteiger partial charge < -0.3 is 14.8 Å². The van der Waals surface area contributed by atoms with Gasteiger partial charge in [0.1, 0.15) is 17.3 Å². The first-order chi connectivity index (χ1) is 10.6. The molecule has 1 heterocycles. The van der Waals surface area contributed by atoms with E-state index in [1.165, 1.54) is 0 Å². The fourth-order valence-electron chi connectivity index (χ4n) is 1.82. The van der Waals surface area contributed by atoms with Gasteiger partial charge in [-0.15, -0.1) is 0 Å². The van der Waals surface area contributed by atoms with Crippen molar-refractivity contribution in [1.82, 2.24) is 9.97 Å². The summed E-state index contributed by atoms with van der Waals surface area (Å²) in [6.45, 7) is 6.65. The van der Waals surface area contributed by atoms with Crippen molar-refractivity contribution >= 4 is 11.7 Å². The number of carbonyl (C=O) groups excluding carboxylic acids is 1. The summed E-state index contributed by atoms with van der Waals surface area (Å²) in [6, 6.07) is 6.74. The second-order valence-electron chi connectivity index (χ2n) is 4.51. The molecule has 6 nitrogen and oxygen atoms in total. The quantitative estimate of drug-likeness (QED) is 0.826. The van der Waals surface area contributed by atoms with Crippen LogP contribution in [0.2, 0.25) is 0 Å². The van der Waals surface area contributed by atoms with E-state index in [2.05, 4.69) is 15.3 Å². The van der Waals surface area contributed by atoms with E-state index in [0.29, 0.717) is 29.6 Å². The zero-order valence-electron chi connectivity index (χ0n) is 12.9. The van der Waals surface area contributed by atoms with Crippen LogP contribution in [0.3, 0.4) is 0 Å². The van der Waals surface area contributed by atoms with E-state index < -0.39 is 0 Å². The van der Waals surface area contributed by atoms with Gasteiger partial charge in [-0.3, -0.25) is 0 Å². The average molecular weight is 301 g/mol. The first-order valence-corrected chi connectivity index (χ1v) is 7.16. The Hall–Kier alpha value is -2.63. The second kappa shape index (κ2) is 7.40. The number of anilines is 1. The number of benzene rings is 1. The molecule has 1 aromatic heterocycles. The van der Waals surface area contributed by atoms with Crippen molar-refractivity contribution in [2.24, 2.45) is 0 Å². The number of rotatable bonds is 6. The number of esters is 1. The second-order valence-corrected chi connectivity index (χ2v) is 4.51. The predicted molar refractivity (Wildman–Crippen MR) is 83.4 cm³/mol. The Labute approximate surface area is 129 Å². The highest BCUT2D eigenvalue weighted by Crippen LogP contribution is 2.27. The van der Waals surface area contributed by atoms with Gasteiger partial charge in [0.05, 0.1) is 18.4 Å². The molecule has 0 aliphatic rings. The maximum Gasteiger partial charge on any atom is 0.338 e. The topological polar surface area (TPSA) is 73.3 Å². The zero-order valence-corrected chi connectivity index (χ0v) is 12.9. The Morgan fingerprint density at radius 1 is 1.23 bits per heavy atom. The molecule has 0 fully saturated rings. The lowest BCUT2D eigenvalue weighted by Gasteiger charge is -2.11. The monoisotopic (exact) mass is 301 g/mol. The highest BCUT2D eigenvalue weighted by atomic mass is 16.5. The standard InChI is InChI=1S/C16H19N3O3/c1-4-17-14-10-18-11(3)19-15(14)22-13-8-6-12(7-9-13)16(20)21-5-2/h6-10,17H,4-5H2,1-3H3. The van der Waals surface area contributed by atoms with Crippen LogP contribution in [0, 0.1) is 6.92 Å². The predicted octanol–water partition coefficient (Wildman–Crippen LogP) is 3.19. The van der Waals surface area contributed by atoms with Gasteiger partial charge in [-0.1, -0.05) is 0 Å². The van der Waals surface area contributed by atoms with Crippen LogP contribution in [-0.4, -0.2) is 29.1 Å². The van der Waals surface area contributed by atoms with E-state index in [1.54, 1.807) is 44.3 Å². The summed E-state index contributed by atoms with van der Waals surface area (Å²) in [5, 5.41) is 3.15. The minimum Gasteiger partial charge on any atom is -0.462 e. The van der Waals surface area contributed by atoms with E-state index in [0.717, 1.165) is 12.2 Å². The average Bonchev–Trinajstić information content (AvgIpc) is 2.51. The van der Waals surface area contributed by atoms with Crippen LogP contribution in [0.5, 0.6) is 11.6 Å². The maximum atomic E-state index is 11.6. The van der Waals surface area contributed by atoms with Crippen molar-refractivity contribution in [3.05, 3.63) is 41.9 Å². The summed E-state index contributed by atoms with van der Waals surface area (Å²) in [5.74, 6) is 1.32. The Morgan fingerprint density at radius 2 is 1.95 bits per heavy atom. The Balaban J connectivity index is 2.17. The highest BCUT2D eigenvalue weighted by molar-refractivity contribution is 5.89. The maximum absolute atomic E-state index is 11.6. The van der Waals surface area contributed by atoms with E-state index in [4.69, 9.17) is 9.47 Å². The number of hydrogen-bond acceptors (Lipinski definition) is 6. The molecule has 0 aliphatic heterocycles. The summed E-state index contributed by atoms with van der Waals surface area (Å²) in [4.78, 5) is 20.0. The third-order valence-corrected chi connectivity index (χ3v) is 2.82. The van der Waals surface area contributed by atoms with Gasteiger partial charge in [0.15, 0.2) is 0 Å². The number of nitrogens with zero attached hydrogens (tertiary/aromatic N) is 2. The summed E-state index contributed by atoms with van der Waals surface area (Å²) in [6.07, 6.45) is 1.69. The molecule has 2 rings (SSSR count). The number of aromatic nitrogens is 2. The highest BCUT2D eigenvalue weighted by Gasteiger charge is 2.10. The summed E-state index contributed by atoms with van der Waals surface area (Å²) >= 11 is 0. The third-order valence-electron chi connectivity index (χ3n) is 2.82. The van der Waals surface area contributed by atoms with Crippen LogP contribution in [0.25, 0.3) is 0 Å². The lowest BCUT2D eigenvalue weighted by Crippen LogP contribution is -2.05. The smallest absolute Gasteiger partial charge is 0.338 e. The molecule has 1 aromatic carbocycles. The number of ether oxygens (including phenoxy) is 2. The zero-order chi connectivity index (χ0) is 15.9. The van der Waals surface area contributed by atoms with Gasteiger partial charge in [-0.25, -0.2) is 9.78 Å². The Bertz CT molecular complexity index is 642. The fourth-order valence-corrected chi connectivity index (χ4v) is 1.82. The molecule has 0 radical (unpaired) electrons. The van der Waals surface area contributed by atoms with Crippen LogP contribution >= 0.6 is 0 Å². The van der Waals surface area contributed by atoms with Crippen LogP contribution in [0.15, 0.2) is 30.5 Å². The molecule has 0 aliphatic carbocycles. The number of hydrogen-bond donors (Lipinski definition) is 1. The Morgan fingerprint density at radius 3 is 2.59 bits per heavy atom. The van der Waals surface area contributed by atoms with Gasteiger partial charge in [-0.2, -0.15) is 4.98 Å². The lowest BCUT2D eigenvalue weighted by molar-refractivity contribution is 0.0526. The normalized spacial score (nSPS) is 10.1. The van der Waals surface area contributed by atoms with Crippen LogP contribution in [-0.2, 0) is 4.74 Å². The van der Waals surface area contributed by atoms with Crippen LogP contribution in [0.1, 0.15) is 30.0 Å². The molecule has 0 saturated carbocycles. The van der Waals surface area contributed by atoms with Gasteiger partial charge in [0, 0.05) is 6.54 Å². The molecule has 2 aromatic rings. The lowest BCUT2D eigenvalue weighted by atomic mass is 10.2. The molecule has 0 bridgehead atoms.